The van der Waals surface area contributed by atoms with Crippen LogP contribution in [0.15, 0.2) is 24.3 Å². The number of aliphatic hydroxyl groups is 2. The molecule has 1 aromatic carbocycles. The van der Waals surface area contributed by atoms with Gasteiger partial charge >= 0.3 is 0 Å². The van der Waals surface area contributed by atoms with Crippen LogP contribution in [-0.2, 0) is 0 Å². The van der Waals surface area contributed by atoms with Gasteiger partial charge < -0.3 is 10.2 Å². The molecule has 15 heavy (non-hydrogen) atoms. The second-order valence-corrected chi connectivity index (χ2v) is 3.78. The lowest BCUT2D eigenvalue weighted by Gasteiger charge is -2.08. The number of hydrogen-bond donors (Lipinski definition) is 2. The molecule has 0 amide bonds. The molecule has 0 saturated carbocycles. The third-order valence-electron chi connectivity index (χ3n) is 1.70. The van der Waals surface area contributed by atoms with Gasteiger partial charge in [-0.25, -0.2) is 4.39 Å². The summed E-state index contributed by atoms with van der Waals surface area (Å²) in [6, 6.07) is 5.42. The van der Waals surface area contributed by atoms with Crippen molar-refractivity contribution in [2.24, 2.45) is 0 Å². The van der Waals surface area contributed by atoms with E-state index in [2.05, 4.69) is 11.8 Å². The number of rotatable bonds is 1. The number of aliphatic hydroxyl groups excluding tert-OH is 1. The SMILES string of the molecule is CC(C)(O)C#C[C@@H](O)c1ccc(F)cc1. The van der Waals surface area contributed by atoms with Gasteiger partial charge in [-0.15, -0.1) is 0 Å². The minimum atomic E-state index is -1.14. The summed E-state index contributed by atoms with van der Waals surface area (Å²) in [6.45, 7) is 3.05. The third-order valence-corrected chi connectivity index (χ3v) is 1.70. The van der Waals surface area contributed by atoms with Gasteiger partial charge in [0.05, 0.1) is 0 Å². The van der Waals surface area contributed by atoms with Crippen LogP contribution in [0.25, 0.3) is 0 Å². The average Bonchev–Trinajstić information content (AvgIpc) is 2.14. The van der Waals surface area contributed by atoms with Gasteiger partial charge in [0.2, 0.25) is 0 Å². The van der Waals surface area contributed by atoms with Crippen molar-refractivity contribution in [2.45, 2.75) is 25.6 Å². The first kappa shape index (κ1) is 11.7. The van der Waals surface area contributed by atoms with Gasteiger partial charge in [-0.05, 0) is 31.5 Å². The molecule has 2 nitrogen and oxygen atoms in total. The van der Waals surface area contributed by atoms with E-state index >= 15 is 0 Å². The van der Waals surface area contributed by atoms with Crippen LogP contribution in [0.4, 0.5) is 4.39 Å². The molecule has 0 aliphatic rings. The lowest BCUT2D eigenvalue weighted by Crippen LogP contribution is -2.15. The maximum Gasteiger partial charge on any atom is 0.140 e. The monoisotopic (exact) mass is 208 g/mol. The predicted octanol–water partition coefficient (Wildman–Crippen LogP) is 1.63. The van der Waals surface area contributed by atoms with E-state index < -0.39 is 11.7 Å². The highest BCUT2D eigenvalue weighted by molar-refractivity contribution is 5.26. The summed E-state index contributed by atoms with van der Waals surface area (Å²) >= 11 is 0. The van der Waals surface area contributed by atoms with Crippen molar-refractivity contribution < 1.29 is 14.6 Å². The first-order valence-electron chi connectivity index (χ1n) is 4.57. The second-order valence-electron chi connectivity index (χ2n) is 3.78. The Hall–Kier alpha value is -1.37. The Kier molecular flexibility index (Phi) is 3.46. The zero-order valence-corrected chi connectivity index (χ0v) is 8.66. The van der Waals surface area contributed by atoms with Crippen LogP contribution in [0.5, 0.6) is 0 Å². The van der Waals surface area contributed by atoms with Crippen molar-refractivity contribution in [2.75, 3.05) is 0 Å². The quantitative estimate of drug-likeness (QED) is 0.689. The molecule has 3 heteroatoms. The summed E-state index contributed by atoms with van der Waals surface area (Å²) < 4.78 is 12.6. The lowest BCUT2D eigenvalue weighted by atomic mass is 10.1. The molecule has 0 bridgehead atoms. The van der Waals surface area contributed by atoms with Crippen LogP contribution in [-0.4, -0.2) is 15.8 Å². The molecule has 0 unspecified atom stereocenters. The van der Waals surface area contributed by atoms with Gasteiger partial charge in [0.1, 0.15) is 17.5 Å². The van der Waals surface area contributed by atoms with E-state index in [0.717, 1.165) is 0 Å². The summed E-state index contributed by atoms with van der Waals surface area (Å²) in [5, 5.41) is 18.9. The molecule has 1 aromatic rings. The molecule has 0 aromatic heterocycles. The molecule has 0 aliphatic carbocycles. The standard InChI is InChI=1S/C12H13FO2/c1-12(2,15)8-7-11(14)9-3-5-10(13)6-4-9/h3-6,11,14-15H,1-2H3/t11-/m1/s1. The zero-order valence-electron chi connectivity index (χ0n) is 8.66. The summed E-state index contributed by atoms with van der Waals surface area (Å²) in [4.78, 5) is 0. The molecule has 0 spiro atoms. The Morgan fingerprint density at radius 2 is 1.80 bits per heavy atom. The first-order valence-corrected chi connectivity index (χ1v) is 4.57. The Morgan fingerprint density at radius 3 is 2.27 bits per heavy atom. The van der Waals surface area contributed by atoms with E-state index in [1.165, 1.54) is 38.1 Å². The highest BCUT2D eigenvalue weighted by Crippen LogP contribution is 2.12. The van der Waals surface area contributed by atoms with Crippen molar-refractivity contribution in [1.82, 2.24) is 0 Å². The Balaban J connectivity index is 2.80. The minimum absolute atomic E-state index is 0.360. The maximum absolute atomic E-state index is 12.6. The fraction of sp³-hybridized carbons (Fsp3) is 0.333. The van der Waals surface area contributed by atoms with Gasteiger partial charge in [-0.1, -0.05) is 24.0 Å². The molecule has 80 valence electrons. The highest BCUT2D eigenvalue weighted by atomic mass is 19.1. The second kappa shape index (κ2) is 4.43. The van der Waals surface area contributed by atoms with Gasteiger partial charge in [0.25, 0.3) is 0 Å². The highest BCUT2D eigenvalue weighted by Gasteiger charge is 2.08. The predicted molar refractivity (Wildman–Crippen MR) is 55.4 cm³/mol. The van der Waals surface area contributed by atoms with E-state index in [1.807, 2.05) is 0 Å². The van der Waals surface area contributed by atoms with E-state index in [4.69, 9.17) is 0 Å². The van der Waals surface area contributed by atoms with E-state index in [-0.39, 0.29) is 5.82 Å². The van der Waals surface area contributed by atoms with Gasteiger partial charge in [-0.2, -0.15) is 0 Å². The Bertz CT molecular complexity index is 379. The topological polar surface area (TPSA) is 40.5 Å². The largest absolute Gasteiger partial charge is 0.378 e. The van der Waals surface area contributed by atoms with Gasteiger partial charge in [0, 0.05) is 0 Å². The van der Waals surface area contributed by atoms with Crippen LogP contribution in [0.2, 0.25) is 0 Å². The molecule has 0 saturated heterocycles. The number of hydrogen-bond acceptors (Lipinski definition) is 2. The molecular formula is C12H13FO2. The van der Waals surface area contributed by atoms with Crippen LogP contribution in [0.1, 0.15) is 25.5 Å². The smallest absolute Gasteiger partial charge is 0.140 e. The van der Waals surface area contributed by atoms with Gasteiger partial charge in [-0.3, -0.25) is 0 Å². The van der Waals surface area contributed by atoms with Gasteiger partial charge in [0.15, 0.2) is 0 Å². The normalized spacial score (nSPS) is 12.9. The van der Waals surface area contributed by atoms with E-state index in [0.29, 0.717) is 5.56 Å². The molecule has 1 rings (SSSR count). The maximum atomic E-state index is 12.6. The van der Waals surface area contributed by atoms with E-state index in [9.17, 15) is 14.6 Å². The van der Waals surface area contributed by atoms with Crippen molar-refractivity contribution in [3.63, 3.8) is 0 Å². The fourth-order valence-electron chi connectivity index (χ4n) is 0.973. The van der Waals surface area contributed by atoms with Crippen LogP contribution >= 0.6 is 0 Å². The molecule has 0 aliphatic heterocycles. The molecule has 2 N–H and O–H groups in total. The van der Waals surface area contributed by atoms with Crippen LogP contribution < -0.4 is 0 Å². The summed E-state index contributed by atoms with van der Waals surface area (Å²) in [5.74, 6) is 4.63. The lowest BCUT2D eigenvalue weighted by molar-refractivity contribution is 0.142. The Labute approximate surface area is 88.4 Å². The number of benzene rings is 1. The van der Waals surface area contributed by atoms with Crippen molar-refractivity contribution >= 4 is 0 Å². The minimum Gasteiger partial charge on any atom is -0.378 e. The zero-order chi connectivity index (χ0) is 11.5. The van der Waals surface area contributed by atoms with Crippen LogP contribution in [0, 0.1) is 17.7 Å². The van der Waals surface area contributed by atoms with Crippen molar-refractivity contribution in [3.8, 4) is 11.8 Å². The molecular weight excluding hydrogens is 195 g/mol. The van der Waals surface area contributed by atoms with Crippen molar-refractivity contribution in [1.29, 1.82) is 0 Å². The third kappa shape index (κ3) is 4.11. The average molecular weight is 208 g/mol. The summed E-state index contributed by atoms with van der Waals surface area (Å²) in [7, 11) is 0. The summed E-state index contributed by atoms with van der Waals surface area (Å²) in [5.41, 5.74) is -0.630. The van der Waals surface area contributed by atoms with Crippen molar-refractivity contribution in [3.05, 3.63) is 35.6 Å². The molecule has 0 radical (unpaired) electrons. The molecule has 0 heterocycles. The molecule has 0 fully saturated rings. The number of halogens is 1. The fourth-order valence-corrected chi connectivity index (χ4v) is 0.973. The van der Waals surface area contributed by atoms with E-state index in [1.54, 1.807) is 0 Å². The summed E-state index contributed by atoms with van der Waals surface area (Å²) in [6.07, 6.45) is -1.00. The first-order chi connectivity index (χ1) is 6.88. The Morgan fingerprint density at radius 1 is 1.27 bits per heavy atom. The van der Waals surface area contributed by atoms with Crippen LogP contribution in [0.3, 0.4) is 0 Å². The molecule has 1 atom stereocenters.